The van der Waals surface area contributed by atoms with Gasteiger partial charge in [0.15, 0.2) is 0 Å². The summed E-state index contributed by atoms with van der Waals surface area (Å²) in [5, 5.41) is 12.5. The molecule has 0 saturated carbocycles. The van der Waals surface area contributed by atoms with Crippen LogP contribution in [0.25, 0.3) is 0 Å². The SMILES string of the molecule is Cc1csc(CC2(C(=O)O)CCN(C(=O)OC(C)(C)C)CC2)n1. The minimum Gasteiger partial charge on any atom is -0.481 e. The number of piperidine rings is 1. The highest BCUT2D eigenvalue weighted by molar-refractivity contribution is 7.09. The topological polar surface area (TPSA) is 79.7 Å². The monoisotopic (exact) mass is 340 g/mol. The van der Waals surface area contributed by atoms with E-state index in [-0.39, 0.29) is 6.09 Å². The van der Waals surface area contributed by atoms with E-state index in [1.165, 1.54) is 11.3 Å². The first kappa shape index (κ1) is 17.7. The van der Waals surface area contributed by atoms with Gasteiger partial charge in [0.2, 0.25) is 0 Å². The predicted molar refractivity (Wildman–Crippen MR) is 87.7 cm³/mol. The Balaban J connectivity index is 2.03. The summed E-state index contributed by atoms with van der Waals surface area (Å²) < 4.78 is 5.36. The van der Waals surface area contributed by atoms with Gasteiger partial charge in [-0.15, -0.1) is 11.3 Å². The molecule has 0 aliphatic carbocycles. The van der Waals surface area contributed by atoms with Crippen molar-refractivity contribution in [2.45, 2.75) is 52.6 Å². The molecule has 7 heteroatoms. The minimum atomic E-state index is -0.844. The molecule has 1 aliphatic heterocycles. The fourth-order valence-electron chi connectivity index (χ4n) is 2.68. The Morgan fingerprint density at radius 3 is 2.43 bits per heavy atom. The number of carbonyl (C=O) groups excluding carboxylic acids is 1. The summed E-state index contributed by atoms with van der Waals surface area (Å²) in [6.07, 6.45) is 0.880. The molecule has 0 radical (unpaired) electrons. The molecule has 0 atom stereocenters. The average molecular weight is 340 g/mol. The fraction of sp³-hybridized carbons (Fsp3) is 0.688. The summed E-state index contributed by atoms with van der Waals surface area (Å²) in [5.74, 6) is -0.811. The maximum atomic E-state index is 12.1. The zero-order valence-corrected chi connectivity index (χ0v) is 14.9. The van der Waals surface area contributed by atoms with Crippen LogP contribution in [0.4, 0.5) is 4.79 Å². The standard InChI is InChI=1S/C16H24N2O4S/c1-11-10-23-12(17-11)9-16(13(19)20)5-7-18(8-6-16)14(21)22-15(2,3)4/h10H,5-9H2,1-4H3,(H,19,20). The van der Waals surface area contributed by atoms with Crippen LogP contribution >= 0.6 is 11.3 Å². The maximum absolute atomic E-state index is 12.1. The molecule has 1 fully saturated rings. The van der Waals surface area contributed by atoms with E-state index in [4.69, 9.17) is 4.74 Å². The number of ether oxygens (including phenoxy) is 1. The maximum Gasteiger partial charge on any atom is 0.410 e. The quantitative estimate of drug-likeness (QED) is 0.914. The second-order valence-electron chi connectivity index (χ2n) is 7.11. The third-order valence-corrected chi connectivity index (χ3v) is 4.95. The van der Waals surface area contributed by atoms with E-state index in [2.05, 4.69) is 4.98 Å². The van der Waals surface area contributed by atoms with Gasteiger partial charge in [0.25, 0.3) is 0 Å². The number of hydrogen-bond acceptors (Lipinski definition) is 5. The van der Waals surface area contributed by atoms with Gasteiger partial charge in [0, 0.05) is 30.6 Å². The van der Waals surface area contributed by atoms with E-state index in [1.54, 1.807) is 4.90 Å². The Labute approximate surface area is 140 Å². The van der Waals surface area contributed by atoms with Gasteiger partial charge in [-0.05, 0) is 40.5 Å². The predicted octanol–water partition coefficient (Wildman–Crippen LogP) is 3.10. The van der Waals surface area contributed by atoms with Gasteiger partial charge in [-0.2, -0.15) is 0 Å². The van der Waals surface area contributed by atoms with Crippen molar-refractivity contribution in [3.05, 3.63) is 16.1 Å². The highest BCUT2D eigenvalue weighted by Gasteiger charge is 2.43. The number of aromatic nitrogens is 1. The minimum absolute atomic E-state index is 0.374. The van der Waals surface area contributed by atoms with Gasteiger partial charge < -0.3 is 14.7 Å². The summed E-state index contributed by atoms with van der Waals surface area (Å²) in [6, 6.07) is 0. The van der Waals surface area contributed by atoms with Gasteiger partial charge >= 0.3 is 12.1 Å². The first-order valence-electron chi connectivity index (χ1n) is 7.74. The number of thiazole rings is 1. The van der Waals surface area contributed by atoms with E-state index >= 15 is 0 Å². The van der Waals surface area contributed by atoms with Crippen LogP contribution < -0.4 is 0 Å². The molecule has 2 heterocycles. The van der Waals surface area contributed by atoms with E-state index in [9.17, 15) is 14.7 Å². The lowest BCUT2D eigenvalue weighted by atomic mass is 9.76. The smallest absolute Gasteiger partial charge is 0.410 e. The largest absolute Gasteiger partial charge is 0.481 e. The average Bonchev–Trinajstić information content (AvgIpc) is 2.82. The summed E-state index contributed by atoms with van der Waals surface area (Å²) in [7, 11) is 0. The zero-order chi connectivity index (χ0) is 17.3. The summed E-state index contributed by atoms with van der Waals surface area (Å²) in [4.78, 5) is 29.9. The van der Waals surface area contributed by atoms with Crippen molar-refractivity contribution in [1.82, 2.24) is 9.88 Å². The fourth-order valence-corrected chi connectivity index (χ4v) is 3.60. The summed E-state index contributed by atoms with van der Waals surface area (Å²) in [6.45, 7) is 8.15. The zero-order valence-electron chi connectivity index (χ0n) is 14.1. The van der Waals surface area contributed by atoms with Crippen LogP contribution in [0.5, 0.6) is 0 Å². The van der Waals surface area contributed by atoms with Gasteiger partial charge in [0.1, 0.15) is 5.60 Å². The third kappa shape index (κ3) is 4.43. The molecule has 1 N–H and O–H groups in total. The first-order chi connectivity index (χ1) is 10.6. The van der Waals surface area contributed by atoms with Crippen molar-refractivity contribution < 1.29 is 19.4 Å². The summed E-state index contributed by atoms with van der Waals surface area (Å²) >= 11 is 1.49. The number of carboxylic acid groups (broad SMARTS) is 1. The molecule has 6 nitrogen and oxygen atoms in total. The molecular formula is C16H24N2O4S. The molecule has 0 unspecified atom stereocenters. The van der Waals surface area contributed by atoms with Crippen LogP contribution in [0.2, 0.25) is 0 Å². The highest BCUT2D eigenvalue weighted by atomic mass is 32.1. The highest BCUT2D eigenvalue weighted by Crippen LogP contribution is 2.36. The Hall–Kier alpha value is -1.63. The number of hydrogen-bond donors (Lipinski definition) is 1. The molecule has 0 aromatic carbocycles. The van der Waals surface area contributed by atoms with Crippen LogP contribution in [-0.2, 0) is 16.0 Å². The number of amides is 1. The van der Waals surface area contributed by atoms with Crippen LogP contribution in [-0.4, -0.2) is 45.7 Å². The number of aryl methyl sites for hydroxylation is 1. The van der Waals surface area contributed by atoms with Crippen LogP contribution in [0, 0.1) is 12.3 Å². The Morgan fingerprint density at radius 2 is 2.00 bits per heavy atom. The summed E-state index contributed by atoms with van der Waals surface area (Å²) in [5.41, 5.74) is -0.476. The number of aliphatic carboxylic acids is 1. The van der Waals surface area contributed by atoms with E-state index < -0.39 is 17.0 Å². The second-order valence-corrected chi connectivity index (χ2v) is 8.05. The van der Waals surface area contributed by atoms with Crippen LogP contribution in [0.1, 0.15) is 44.3 Å². The van der Waals surface area contributed by atoms with Crippen molar-refractivity contribution >= 4 is 23.4 Å². The Kier molecular flexibility index (Phi) is 4.98. The molecular weight excluding hydrogens is 316 g/mol. The van der Waals surface area contributed by atoms with E-state index in [1.807, 2.05) is 33.1 Å². The number of carbonyl (C=O) groups is 2. The van der Waals surface area contributed by atoms with Gasteiger partial charge in [0.05, 0.1) is 10.4 Å². The molecule has 1 aromatic rings. The molecule has 1 aromatic heterocycles. The molecule has 1 amide bonds. The van der Waals surface area contributed by atoms with Crippen LogP contribution in [0.3, 0.4) is 0 Å². The third-order valence-electron chi connectivity index (χ3n) is 3.98. The van der Waals surface area contributed by atoms with Gasteiger partial charge in [-0.3, -0.25) is 4.79 Å². The van der Waals surface area contributed by atoms with Crippen molar-refractivity contribution in [1.29, 1.82) is 0 Å². The molecule has 2 rings (SSSR count). The van der Waals surface area contributed by atoms with Crippen molar-refractivity contribution in [3.63, 3.8) is 0 Å². The number of rotatable bonds is 3. The van der Waals surface area contributed by atoms with Gasteiger partial charge in [-0.1, -0.05) is 0 Å². The molecule has 0 bridgehead atoms. The lowest BCUT2D eigenvalue weighted by Crippen LogP contribution is -2.48. The molecule has 1 aliphatic rings. The lowest BCUT2D eigenvalue weighted by Gasteiger charge is -2.38. The second kappa shape index (κ2) is 6.47. The number of nitrogens with zero attached hydrogens (tertiary/aromatic N) is 2. The van der Waals surface area contributed by atoms with Crippen molar-refractivity contribution in [2.24, 2.45) is 5.41 Å². The Bertz CT molecular complexity index is 583. The molecule has 1 saturated heterocycles. The number of carboxylic acids is 1. The number of likely N-dealkylation sites (tertiary alicyclic amines) is 1. The molecule has 23 heavy (non-hydrogen) atoms. The molecule has 128 valence electrons. The normalized spacial score (nSPS) is 17.8. The van der Waals surface area contributed by atoms with Crippen molar-refractivity contribution in [2.75, 3.05) is 13.1 Å². The van der Waals surface area contributed by atoms with E-state index in [0.29, 0.717) is 32.4 Å². The van der Waals surface area contributed by atoms with Crippen LogP contribution in [0.15, 0.2) is 5.38 Å². The lowest BCUT2D eigenvalue weighted by molar-refractivity contribution is -0.152. The van der Waals surface area contributed by atoms with E-state index in [0.717, 1.165) is 10.7 Å². The van der Waals surface area contributed by atoms with Crippen molar-refractivity contribution in [3.8, 4) is 0 Å². The Morgan fingerprint density at radius 1 is 1.39 bits per heavy atom. The van der Waals surface area contributed by atoms with Gasteiger partial charge in [-0.25, -0.2) is 9.78 Å². The molecule has 0 spiro atoms. The first-order valence-corrected chi connectivity index (χ1v) is 8.62.